The van der Waals surface area contributed by atoms with Crippen molar-refractivity contribution in [3.8, 4) is 0 Å². The van der Waals surface area contributed by atoms with Crippen molar-refractivity contribution in [1.82, 2.24) is 9.97 Å². The molecule has 0 radical (unpaired) electrons. The number of halogens is 2. The van der Waals surface area contributed by atoms with Crippen LogP contribution in [0.1, 0.15) is 35.5 Å². The average molecular weight is 308 g/mol. The summed E-state index contributed by atoms with van der Waals surface area (Å²) in [6, 6.07) is 5.47. The fourth-order valence-corrected chi connectivity index (χ4v) is 3.07. The Bertz CT molecular complexity index is 656. The highest BCUT2D eigenvalue weighted by Crippen LogP contribution is 2.26. The first kappa shape index (κ1) is 13.7. The smallest absolute Gasteiger partial charge is 0.135 e. The number of hydrogen-bond donors (Lipinski definition) is 1. The van der Waals surface area contributed by atoms with Crippen molar-refractivity contribution in [2.45, 2.75) is 32.1 Å². The van der Waals surface area contributed by atoms with E-state index in [0.29, 0.717) is 22.3 Å². The van der Waals surface area contributed by atoms with Gasteiger partial charge in [-0.2, -0.15) is 0 Å². The van der Waals surface area contributed by atoms with E-state index in [4.69, 9.17) is 28.9 Å². The summed E-state index contributed by atoms with van der Waals surface area (Å²) in [5, 5.41) is 1.27. The third kappa shape index (κ3) is 2.74. The molecule has 104 valence electrons. The van der Waals surface area contributed by atoms with Crippen LogP contribution >= 0.6 is 23.2 Å². The molecule has 1 aromatic carbocycles. The minimum atomic E-state index is 0.577. The van der Waals surface area contributed by atoms with Gasteiger partial charge in [0.1, 0.15) is 11.6 Å². The summed E-state index contributed by atoms with van der Waals surface area (Å²) in [4.78, 5) is 9.07. The van der Waals surface area contributed by atoms with Crippen molar-refractivity contribution in [2.75, 3.05) is 5.73 Å². The maximum absolute atomic E-state index is 6.19. The van der Waals surface area contributed by atoms with Crippen LogP contribution in [-0.2, 0) is 19.3 Å². The molecule has 3 rings (SSSR count). The van der Waals surface area contributed by atoms with E-state index in [2.05, 4.69) is 9.97 Å². The van der Waals surface area contributed by atoms with Crippen molar-refractivity contribution in [3.05, 3.63) is 50.9 Å². The second-order valence-corrected chi connectivity index (χ2v) is 5.91. The molecular weight excluding hydrogens is 293 g/mol. The zero-order valence-electron chi connectivity index (χ0n) is 11.0. The summed E-state index contributed by atoms with van der Waals surface area (Å²) in [5.41, 5.74) is 9.24. The summed E-state index contributed by atoms with van der Waals surface area (Å²) >= 11 is 12.1. The Balaban J connectivity index is 1.93. The minimum absolute atomic E-state index is 0.577. The van der Waals surface area contributed by atoms with E-state index in [9.17, 15) is 0 Å². The molecule has 5 heteroatoms. The Morgan fingerprint density at radius 1 is 1.10 bits per heavy atom. The van der Waals surface area contributed by atoms with E-state index in [1.165, 1.54) is 12.8 Å². The molecule has 0 atom stereocenters. The van der Waals surface area contributed by atoms with Gasteiger partial charge >= 0.3 is 0 Å². The van der Waals surface area contributed by atoms with E-state index in [1.807, 2.05) is 12.1 Å². The number of fused-ring (bicyclic) bond motifs is 1. The predicted molar refractivity (Wildman–Crippen MR) is 82.4 cm³/mol. The highest BCUT2D eigenvalue weighted by Gasteiger charge is 2.16. The summed E-state index contributed by atoms with van der Waals surface area (Å²) in [7, 11) is 0. The van der Waals surface area contributed by atoms with Crippen LogP contribution in [0.25, 0.3) is 0 Å². The van der Waals surface area contributed by atoms with Crippen LogP contribution in [0.15, 0.2) is 18.2 Å². The Morgan fingerprint density at radius 3 is 2.70 bits per heavy atom. The van der Waals surface area contributed by atoms with Crippen molar-refractivity contribution in [2.24, 2.45) is 0 Å². The van der Waals surface area contributed by atoms with Crippen LogP contribution in [0.2, 0.25) is 10.0 Å². The van der Waals surface area contributed by atoms with Gasteiger partial charge in [0.15, 0.2) is 0 Å². The summed E-state index contributed by atoms with van der Waals surface area (Å²) in [5.74, 6) is 1.35. The molecule has 0 saturated heterocycles. The van der Waals surface area contributed by atoms with Crippen LogP contribution in [-0.4, -0.2) is 9.97 Å². The van der Waals surface area contributed by atoms with Crippen molar-refractivity contribution < 1.29 is 0 Å². The van der Waals surface area contributed by atoms with Crippen LogP contribution < -0.4 is 5.73 Å². The van der Waals surface area contributed by atoms with Gasteiger partial charge in [-0.1, -0.05) is 29.3 Å². The molecular formula is C15H15Cl2N3. The van der Waals surface area contributed by atoms with Gasteiger partial charge in [-0.15, -0.1) is 0 Å². The monoisotopic (exact) mass is 307 g/mol. The molecule has 0 bridgehead atoms. The largest absolute Gasteiger partial charge is 0.383 e. The second kappa shape index (κ2) is 5.58. The summed E-state index contributed by atoms with van der Waals surface area (Å²) in [6.45, 7) is 0. The first-order valence-electron chi connectivity index (χ1n) is 6.71. The molecule has 0 spiro atoms. The molecule has 1 aliphatic carbocycles. The molecule has 0 amide bonds. The number of nitrogens with zero attached hydrogens (tertiary/aromatic N) is 2. The Labute approximate surface area is 128 Å². The molecule has 0 unspecified atom stereocenters. The van der Waals surface area contributed by atoms with E-state index in [-0.39, 0.29) is 0 Å². The third-order valence-corrected chi connectivity index (χ3v) is 4.21. The number of anilines is 1. The normalized spacial score (nSPS) is 14.1. The molecule has 0 fully saturated rings. The van der Waals surface area contributed by atoms with Gasteiger partial charge in [0, 0.05) is 27.7 Å². The third-order valence-electron chi connectivity index (χ3n) is 3.63. The van der Waals surface area contributed by atoms with Gasteiger partial charge in [-0.25, -0.2) is 9.97 Å². The summed E-state index contributed by atoms with van der Waals surface area (Å²) in [6.07, 6.45) is 4.90. The zero-order valence-corrected chi connectivity index (χ0v) is 12.5. The highest BCUT2D eigenvalue weighted by atomic mass is 35.5. The molecule has 2 aromatic rings. The Morgan fingerprint density at radius 2 is 1.90 bits per heavy atom. The van der Waals surface area contributed by atoms with E-state index < -0.39 is 0 Å². The highest BCUT2D eigenvalue weighted by molar-refractivity contribution is 6.35. The number of aryl methyl sites for hydroxylation is 1. The molecule has 1 aliphatic rings. The topological polar surface area (TPSA) is 51.8 Å². The summed E-state index contributed by atoms with van der Waals surface area (Å²) < 4.78 is 0. The van der Waals surface area contributed by atoms with E-state index in [1.54, 1.807) is 6.07 Å². The lowest BCUT2D eigenvalue weighted by Gasteiger charge is -2.17. The molecule has 2 N–H and O–H groups in total. The molecule has 20 heavy (non-hydrogen) atoms. The zero-order chi connectivity index (χ0) is 14.1. The fourth-order valence-electron chi connectivity index (χ4n) is 2.59. The average Bonchev–Trinajstić information content (AvgIpc) is 2.42. The van der Waals surface area contributed by atoms with Crippen LogP contribution in [0.5, 0.6) is 0 Å². The maximum atomic E-state index is 6.19. The lowest BCUT2D eigenvalue weighted by atomic mass is 9.96. The number of nitrogens with two attached hydrogens (primary N) is 1. The standard InChI is InChI=1S/C15H15Cl2N3/c16-10-6-5-9(12(17)8-10)7-14-19-13-4-2-1-3-11(13)15(18)20-14/h5-6,8H,1-4,7H2,(H2,18,19,20). The first-order valence-corrected chi connectivity index (χ1v) is 7.47. The van der Waals surface area contributed by atoms with Crippen molar-refractivity contribution in [3.63, 3.8) is 0 Å². The molecule has 3 nitrogen and oxygen atoms in total. The number of benzene rings is 1. The number of rotatable bonds is 2. The molecule has 0 saturated carbocycles. The van der Waals surface area contributed by atoms with Gasteiger partial charge in [0.25, 0.3) is 0 Å². The number of hydrogen-bond acceptors (Lipinski definition) is 3. The molecule has 1 heterocycles. The second-order valence-electron chi connectivity index (χ2n) is 5.07. The van der Waals surface area contributed by atoms with Crippen molar-refractivity contribution >= 4 is 29.0 Å². The number of aromatic nitrogens is 2. The van der Waals surface area contributed by atoms with Gasteiger partial charge in [-0.3, -0.25) is 0 Å². The molecule has 1 aromatic heterocycles. The van der Waals surface area contributed by atoms with Crippen LogP contribution in [0, 0.1) is 0 Å². The van der Waals surface area contributed by atoms with E-state index in [0.717, 1.165) is 35.5 Å². The lowest BCUT2D eigenvalue weighted by molar-refractivity contribution is 0.658. The van der Waals surface area contributed by atoms with E-state index >= 15 is 0 Å². The lowest BCUT2D eigenvalue weighted by Crippen LogP contribution is -2.13. The van der Waals surface area contributed by atoms with Crippen LogP contribution in [0.4, 0.5) is 5.82 Å². The van der Waals surface area contributed by atoms with Gasteiger partial charge in [0.2, 0.25) is 0 Å². The molecule has 0 aliphatic heterocycles. The van der Waals surface area contributed by atoms with Crippen molar-refractivity contribution in [1.29, 1.82) is 0 Å². The fraction of sp³-hybridized carbons (Fsp3) is 0.333. The predicted octanol–water partition coefficient (Wildman–Crippen LogP) is 3.84. The van der Waals surface area contributed by atoms with Gasteiger partial charge in [0.05, 0.1) is 0 Å². The number of nitrogen functional groups attached to an aromatic ring is 1. The first-order chi connectivity index (χ1) is 9.63. The van der Waals surface area contributed by atoms with Crippen LogP contribution in [0.3, 0.4) is 0 Å². The van der Waals surface area contributed by atoms with Gasteiger partial charge < -0.3 is 5.73 Å². The Hall–Kier alpha value is -1.32. The quantitative estimate of drug-likeness (QED) is 0.917. The maximum Gasteiger partial charge on any atom is 0.135 e. The van der Waals surface area contributed by atoms with Gasteiger partial charge in [-0.05, 0) is 43.4 Å². The minimum Gasteiger partial charge on any atom is -0.383 e. The Kier molecular flexibility index (Phi) is 3.81. The SMILES string of the molecule is Nc1nc(Cc2ccc(Cl)cc2Cl)nc2c1CCCC2.